The van der Waals surface area contributed by atoms with E-state index in [9.17, 15) is 0 Å². The average Bonchev–Trinajstić information content (AvgIpc) is 2.62. The summed E-state index contributed by atoms with van der Waals surface area (Å²) in [7, 11) is 0. The minimum Gasteiger partial charge on any atom is -0.370 e. The Morgan fingerprint density at radius 1 is 1.60 bits per heavy atom. The number of hydrogen-bond donors (Lipinski definition) is 0. The molecule has 10 heavy (non-hydrogen) atoms. The van der Waals surface area contributed by atoms with Crippen molar-refractivity contribution in [3.63, 3.8) is 0 Å². The van der Waals surface area contributed by atoms with E-state index in [4.69, 9.17) is 4.74 Å². The third kappa shape index (κ3) is 1.98. The van der Waals surface area contributed by atoms with Crippen LogP contribution >= 0.6 is 0 Å². The van der Waals surface area contributed by atoms with E-state index in [0.29, 0.717) is 12.2 Å². The van der Waals surface area contributed by atoms with Gasteiger partial charge < -0.3 is 11.2 Å². The number of rotatable bonds is 4. The Bertz CT molecular complexity index is 101. The van der Waals surface area contributed by atoms with Crippen LogP contribution in [0.2, 0.25) is 0 Å². The summed E-state index contributed by atoms with van der Waals surface area (Å²) in [5, 5.41) is 0. The minimum atomic E-state index is 0.534. The van der Waals surface area contributed by atoms with Gasteiger partial charge in [0.05, 0.1) is 12.2 Å². The lowest BCUT2D eigenvalue weighted by Gasteiger charge is -2.09. The van der Waals surface area contributed by atoms with E-state index in [1.54, 1.807) is 0 Å². The van der Waals surface area contributed by atoms with Crippen LogP contribution in [0.15, 0.2) is 0 Å². The van der Waals surface area contributed by atoms with Gasteiger partial charge in [0.2, 0.25) is 0 Å². The number of ether oxygens (including phenoxy) is 1. The SMILES string of the molecule is C[CH-]CCC(C)C1OC1C. The van der Waals surface area contributed by atoms with Gasteiger partial charge in [0, 0.05) is 0 Å². The van der Waals surface area contributed by atoms with Gasteiger partial charge in [-0.25, -0.2) is 0 Å². The van der Waals surface area contributed by atoms with Gasteiger partial charge in [0.15, 0.2) is 0 Å². The fraction of sp³-hybridized carbons (Fsp3) is 0.889. The first-order valence-corrected chi connectivity index (χ1v) is 4.19. The van der Waals surface area contributed by atoms with E-state index in [1.807, 2.05) is 0 Å². The molecule has 3 unspecified atom stereocenters. The monoisotopic (exact) mass is 141 g/mol. The second-order valence-corrected chi connectivity index (χ2v) is 3.27. The van der Waals surface area contributed by atoms with E-state index in [-0.39, 0.29) is 0 Å². The van der Waals surface area contributed by atoms with Crippen LogP contribution in [0.25, 0.3) is 0 Å². The van der Waals surface area contributed by atoms with Crippen molar-refractivity contribution in [1.82, 2.24) is 0 Å². The van der Waals surface area contributed by atoms with E-state index < -0.39 is 0 Å². The average molecular weight is 141 g/mol. The van der Waals surface area contributed by atoms with Crippen molar-refractivity contribution in [2.45, 2.75) is 45.8 Å². The molecule has 0 aromatic heterocycles. The maximum Gasteiger partial charge on any atom is 0.0863 e. The standard InChI is InChI=1S/C9H17O/c1-4-5-6-7(2)9-8(3)10-9/h4,7-9H,5-6H2,1-3H3/q-1. The van der Waals surface area contributed by atoms with E-state index in [2.05, 4.69) is 27.2 Å². The quantitative estimate of drug-likeness (QED) is 0.432. The van der Waals surface area contributed by atoms with Crippen molar-refractivity contribution < 1.29 is 4.74 Å². The molecule has 0 radical (unpaired) electrons. The summed E-state index contributed by atoms with van der Waals surface area (Å²) in [5.74, 6) is 0.756. The lowest BCUT2D eigenvalue weighted by Crippen LogP contribution is -2.04. The predicted molar refractivity (Wildman–Crippen MR) is 42.7 cm³/mol. The molecule has 0 aliphatic carbocycles. The molecule has 60 valence electrons. The Hall–Kier alpha value is -0.0400. The third-order valence-corrected chi connectivity index (χ3v) is 2.23. The summed E-state index contributed by atoms with van der Waals surface area (Å²) in [5.41, 5.74) is 0. The van der Waals surface area contributed by atoms with Gasteiger partial charge in [0.25, 0.3) is 0 Å². The summed E-state index contributed by atoms with van der Waals surface area (Å²) in [6, 6.07) is 0. The Morgan fingerprint density at radius 2 is 2.20 bits per heavy atom. The van der Waals surface area contributed by atoms with Crippen molar-refractivity contribution in [3.05, 3.63) is 6.42 Å². The highest BCUT2D eigenvalue weighted by Gasteiger charge is 2.37. The van der Waals surface area contributed by atoms with E-state index in [0.717, 1.165) is 5.92 Å². The molecule has 1 fully saturated rings. The molecule has 0 N–H and O–H groups in total. The molecule has 0 aromatic rings. The van der Waals surface area contributed by atoms with Crippen LogP contribution in [0.5, 0.6) is 0 Å². The molecule has 0 bridgehead atoms. The third-order valence-electron chi connectivity index (χ3n) is 2.23. The van der Waals surface area contributed by atoms with Crippen LogP contribution in [0.4, 0.5) is 0 Å². The summed E-state index contributed by atoms with van der Waals surface area (Å²) in [6.45, 7) is 6.54. The fourth-order valence-corrected chi connectivity index (χ4v) is 1.39. The number of epoxide rings is 1. The molecule has 0 amide bonds. The molecule has 1 aliphatic rings. The number of unbranched alkanes of at least 4 members (excludes halogenated alkanes) is 1. The Morgan fingerprint density at radius 3 is 2.60 bits per heavy atom. The van der Waals surface area contributed by atoms with Crippen molar-refractivity contribution >= 4 is 0 Å². The lowest BCUT2D eigenvalue weighted by atomic mass is 9.99. The highest BCUT2D eigenvalue weighted by atomic mass is 16.6. The van der Waals surface area contributed by atoms with Gasteiger partial charge in [-0.3, -0.25) is 0 Å². The second kappa shape index (κ2) is 3.38. The molecule has 1 saturated heterocycles. The molecule has 0 spiro atoms. The molecule has 1 aliphatic heterocycles. The summed E-state index contributed by atoms with van der Waals surface area (Å²) in [4.78, 5) is 0. The molecular formula is C9H17O-. The van der Waals surface area contributed by atoms with Crippen LogP contribution in [0.3, 0.4) is 0 Å². The lowest BCUT2D eigenvalue weighted by molar-refractivity contribution is 0.320. The van der Waals surface area contributed by atoms with Crippen LogP contribution in [-0.2, 0) is 4.74 Å². The van der Waals surface area contributed by atoms with Crippen LogP contribution in [0, 0.1) is 12.3 Å². The van der Waals surface area contributed by atoms with Gasteiger partial charge in [-0.05, 0) is 12.8 Å². The Balaban J connectivity index is 2.04. The molecule has 0 saturated carbocycles. The molecule has 1 heterocycles. The maximum atomic E-state index is 5.36. The molecular weight excluding hydrogens is 124 g/mol. The number of hydrogen-bond acceptors (Lipinski definition) is 1. The van der Waals surface area contributed by atoms with Crippen molar-refractivity contribution in [3.8, 4) is 0 Å². The van der Waals surface area contributed by atoms with Gasteiger partial charge in [0.1, 0.15) is 0 Å². The summed E-state index contributed by atoms with van der Waals surface area (Å²) < 4.78 is 5.36. The zero-order valence-corrected chi connectivity index (χ0v) is 7.13. The van der Waals surface area contributed by atoms with Gasteiger partial charge in [-0.15, -0.1) is 0 Å². The summed E-state index contributed by atoms with van der Waals surface area (Å²) >= 11 is 0. The first kappa shape index (κ1) is 8.06. The topological polar surface area (TPSA) is 12.5 Å². The molecule has 1 nitrogen and oxygen atoms in total. The highest BCUT2D eigenvalue weighted by molar-refractivity contribution is 4.85. The van der Waals surface area contributed by atoms with Crippen LogP contribution in [-0.4, -0.2) is 12.2 Å². The van der Waals surface area contributed by atoms with Gasteiger partial charge in [-0.1, -0.05) is 13.3 Å². The first-order chi connectivity index (χ1) is 4.75. The molecule has 3 atom stereocenters. The van der Waals surface area contributed by atoms with Crippen molar-refractivity contribution in [1.29, 1.82) is 0 Å². The Kier molecular flexibility index (Phi) is 2.72. The molecule has 1 heteroatoms. The van der Waals surface area contributed by atoms with Crippen LogP contribution < -0.4 is 0 Å². The normalized spacial score (nSPS) is 33.9. The molecule has 0 aromatic carbocycles. The maximum absolute atomic E-state index is 5.36. The molecule has 1 rings (SSSR count). The van der Waals surface area contributed by atoms with Gasteiger partial charge >= 0.3 is 0 Å². The van der Waals surface area contributed by atoms with Crippen molar-refractivity contribution in [2.75, 3.05) is 0 Å². The predicted octanol–water partition coefficient (Wildman–Crippen LogP) is 2.41. The minimum absolute atomic E-state index is 0.534. The summed E-state index contributed by atoms with van der Waals surface area (Å²) in [6.07, 6.45) is 5.84. The fourth-order valence-electron chi connectivity index (χ4n) is 1.39. The van der Waals surface area contributed by atoms with E-state index >= 15 is 0 Å². The van der Waals surface area contributed by atoms with Gasteiger partial charge in [-0.2, -0.15) is 13.3 Å². The largest absolute Gasteiger partial charge is 0.370 e. The Labute approximate surface area is 63.8 Å². The van der Waals surface area contributed by atoms with Crippen molar-refractivity contribution in [2.24, 2.45) is 5.92 Å². The highest BCUT2D eigenvalue weighted by Crippen LogP contribution is 2.31. The first-order valence-electron chi connectivity index (χ1n) is 4.19. The second-order valence-electron chi connectivity index (χ2n) is 3.27. The van der Waals surface area contributed by atoms with E-state index in [1.165, 1.54) is 12.8 Å². The van der Waals surface area contributed by atoms with Crippen LogP contribution in [0.1, 0.15) is 33.6 Å². The zero-order chi connectivity index (χ0) is 7.56. The zero-order valence-electron chi connectivity index (χ0n) is 7.13. The smallest absolute Gasteiger partial charge is 0.0863 e.